The summed E-state index contributed by atoms with van der Waals surface area (Å²) in [5.74, 6) is -176. The van der Waals surface area contributed by atoms with Crippen LogP contribution in [0.2, 0.25) is 0 Å². The number of carbonyl (C=O) groups excluding carboxylic acids is 1. The fourth-order valence-electron chi connectivity index (χ4n) is 3.78. The third-order valence-electron chi connectivity index (χ3n) is 8.27. The van der Waals surface area contributed by atoms with Crippen molar-refractivity contribution in [2.24, 2.45) is 5.92 Å². The lowest BCUT2D eigenvalue weighted by molar-refractivity contribution is -0.496. The Morgan fingerprint density at radius 3 is 0.569 bits per heavy atom. The molecule has 390 valence electrons. The standard InChI is InChI=1S/C24H9F39O2/c1-3-4(2)5(64)65-24(62,63)22(57,58)20(53,54)18(49,50)16(45,46)14(41,42)12(37,38)10(33,34)8(29,30)6(25,26)7(27,28)9(31,32)11(35,36)13(39,40)15(43,44)17(47,48)19(51,52)21(55,56)23(59,60)61/h4H,3H2,1-2H3. The quantitative estimate of drug-likeness (QED) is 0.0897. The van der Waals surface area contributed by atoms with Gasteiger partial charge in [-0.25, -0.2) is 0 Å². The normalized spacial score (nSPS) is 17.4. The third kappa shape index (κ3) is 7.27. The molecule has 0 spiro atoms. The van der Waals surface area contributed by atoms with Crippen LogP contribution in [0.15, 0.2) is 0 Å². The highest BCUT2D eigenvalue weighted by atomic mass is 19.4. The van der Waals surface area contributed by atoms with Crippen LogP contribution in [-0.2, 0) is 9.53 Å². The summed E-state index contributed by atoms with van der Waals surface area (Å²) in [6.07, 6.45) is -17.3. The van der Waals surface area contributed by atoms with Gasteiger partial charge in [0.15, 0.2) is 0 Å². The summed E-state index contributed by atoms with van der Waals surface area (Å²) in [6, 6.07) is 0. The van der Waals surface area contributed by atoms with E-state index in [-0.39, 0.29) is 0 Å². The van der Waals surface area contributed by atoms with E-state index < -0.39 is 131 Å². The molecule has 0 N–H and O–H groups in total. The van der Waals surface area contributed by atoms with Gasteiger partial charge in [0, 0.05) is 0 Å². The first-order valence-electron chi connectivity index (χ1n) is 14.5. The molecule has 0 aromatic rings. The summed E-state index contributed by atoms with van der Waals surface area (Å²) in [6.45, 7) is 0.974. The van der Waals surface area contributed by atoms with Crippen molar-refractivity contribution >= 4 is 5.97 Å². The van der Waals surface area contributed by atoms with Gasteiger partial charge in [-0.1, -0.05) is 13.8 Å². The predicted molar refractivity (Wildman–Crippen MR) is 121 cm³/mol. The highest BCUT2D eigenvalue weighted by Crippen LogP contribution is 2.71. The number of ether oxygens (including phenoxy) is 1. The van der Waals surface area contributed by atoms with E-state index in [4.69, 9.17) is 0 Å². The minimum Gasteiger partial charge on any atom is -0.396 e. The summed E-state index contributed by atoms with van der Waals surface area (Å²) >= 11 is 0. The topological polar surface area (TPSA) is 26.3 Å². The molecule has 0 aliphatic rings. The van der Waals surface area contributed by atoms with E-state index in [1.807, 2.05) is 0 Å². The first-order chi connectivity index (χ1) is 27.4. The van der Waals surface area contributed by atoms with E-state index in [0.29, 0.717) is 13.8 Å². The molecule has 2 nitrogen and oxygen atoms in total. The van der Waals surface area contributed by atoms with Crippen molar-refractivity contribution in [3.63, 3.8) is 0 Å². The lowest BCUT2D eigenvalue weighted by Crippen LogP contribution is -2.80. The van der Waals surface area contributed by atoms with Crippen LogP contribution in [0.5, 0.6) is 0 Å². The average Bonchev–Trinajstić information content (AvgIpc) is 3.08. The van der Waals surface area contributed by atoms with Gasteiger partial charge in [-0.05, 0) is 6.42 Å². The maximum atomic E-state index is 14.1. The van der Waals surface area contributed by atoms with E-state index in [1.165, 1.54) is 0 Å². The number of rotatable bonds is 20. The lowest BCUT2D eigenvalue weighted by atomic mass is 9.82. The minimum atomic E-state index is -10.6. The molecule has 0 radical (unpaired) electrons. The monoisotopic (exact) mass is 1070 g/mol. The van der Waals surface area contributed by atoms with E-state index in [9.17, 15) is 176 Å². The van der Waals surface area contributed by atoms with Gasteiger partial charge in [0.25, 0.3) is 0 Å². The first kappa shape index (κ1) is 61.7. The first-order valence-corrected chi connectivity index (χ1v) is 14.5. The van der Waals surface area contributed by atoms with Crippen LogP contribution in [0.4, 0.5) is 171 Å². The van der Waals surface area contributed by atoms with Crippen molar-refractivity contribution in [2.75, 3.05) is 0 Å². The Morgan fingerprint density at radius 2 is 0.431 bits per heavy atom. The molecule has 41 heteroatoms. The summed E-state index contributed by atoms with van der Waals surface area (Å²) < 4.78 is 536. The molecule has 1 atom stereocenters. The fraction of sp³-hybridized carbons (Fsp3) is 0.958. The molecule has 0 aromatic heterocycles. The Balaban J connectivity index is 7.91. The second kappa shape index (κ2) is 15.4. The third-order valence-corrected chi connectivity index (χ3v) is 8.27. The van der Waals surface area contributed by atoms with Crippen LogP contribution >= 0.6 is 0 Å². The molecule has 0 aromatic carbocycles. The van der Waals surface area contributed by atoms with E-state index in [0.717, 1.165) is 0 Å². The highest BCUT2D eigenvalue weighted by molar-refractivity contribution is 5.72. The molecule has 0 aliphatic heterocycles. The largest absolute Gasteiger partial charge is 0.473 e. The zero-order chi connectivity index (χ0) is 54.1. The van der Waals surface area contributed by atoms with Crippen LogP contribution < -0.4 is 0 Å². The second-order valence-corrected chi connectivity index (χ2v) is 12.5. The maximum Gasteiger partial charge on any atom is 0.473 e. The SMILES string of the molecule is CCC(C)C(=O)OC(F)(F)C(F)(F)C(F)(F)C(F)(F)C(F)(F)C(F)(F)C(F)(F)C(F)(F)C(F)(F)C(F)(F)C(F)(F)C(F)(F)C(F)(F)C(F)(F)C(F)(F)C(F)(F)C(F)(F)C(F)(F)C(F)(F)F. The Hall–Kier alpha value is -3.26. The minimum absolute atomic E-state index is 0.291. The molecule has 0 aliphatic carbocycles. The maximum absolute atomic E-state index is 14.1. The zero-order valence-corrected chi connectivity index (χ0v) is 28.8. The van der Waals surface area contributed by atoms with Gasteiger partial charge in [0.2, 0.25) is 0 Å². The fourth-order valence-corrected chi connectivity index (χ4v) is 3.78. The van der Waals surface area contributed by atoms with Gasteiger partial charge < -0.3 is 4.74 Å². The number of hydrogen-bond acceptors (Lipinski definition) is 2. The number of hydrogen-bond donors (Lipinski definition) is 0. The lowest BCUT2D eigenvalue weighted by Gasteiger charge is -2.47. The predicted octanol–water partition coefficient (Wildman–Crippen LogP) is 13.5. The van der Waals surface area contributed by atoms with Crippen LogP contribution in [-0.4, -0.2) is 119 Å². The van der Waals surface area contributed by atoms with Gasteiger partial charge in [-0.3, -0.25) is 4.79 Å². The molecule has 65 heavy (non-hydrogen) atoms. The number of esters is 1. The van der Waals surface area contributed by atoms with Crippen molar-refractivity contribution in [1.82, 2.24) is 0 Å². The molecule has 0 saturated heterocycles. The summed E-state index contributed by atoms with van der Waals surface area (Å²) in [5.41, 5.74) is 0. The Bertz CT molecular complexity index is 1730. The van der Waals surface area contributed by atoms with Crippen molar-refractivity contribution in [3.05, 3.63) is 0 Å². The van der Waals surface area contributed by atoms with E-state index in [1.54, 1.807) is 0 Å². The number of halogens is 39. The van der Waals surface area contributed by atoms with Gasteiger partial charge in [0.05, 0.1) is 5.92 Å². The molecule has 0 fully saturated rings. The molecule has 1 unspecified atom stereocenters. The molecule has 0 bridgehead atoms. The van der Waals surface area contributed by atoms with Gasteiger partial charge in [-0.15, -0.1) is 0 Å². The Kier molecular flexibility index (Phi) is 14.6. The number of alkyl halides is 39. The summed E-state index contributed by atoms with van der Waals surface area (Å²) in [7, 11) is 0. The van der Waals surface area contributed by atoms with Crippen molar-refractivity contribution in [2.45, 2.75) is 133 Å². The van der Waals surface area contributed by atoms with Crippen LogP contribution in [0, 0.1) is 5.92 Å². The average molecular weight is 1070 g/mol. The molecule has 0 rings (SSSR count). The van der Waals surface area contributed by atoms with Crippen LogP contribution in [0.3, 0.4) is 0 Å². The van der Waals surface area contributed by atoms with E-state index in [2.05, 4.69) is 4.74 Å². The molecular weight excluding hydrogens is 1060 g/mol. The highest BCUT2D eigenvalue weighted by Gasteiger charge is 3.03. The van der Waals surface area contributed by atoms with Crippen molar-refractivity contribution in [1.29, 1.82) is 0 Å². The van der Waals surface area contributed by atoms with Crippen LogP contribution in [0.25, 0.3) is 0 Å². The Morgan fingerprint density at radius 1 is 0.292 bits per heavy atom. The smallest absolute Gasteiger partial charge is 0.396 e. The summed E-state index contributed by atoms with van der Waals surface area (Å²) in [4.78, 5) is 11.2. The molecule has 0 saturated carbocycles. The zero-order valence-electron chi connectivity index (χ0n) is 28.8. The molecule has 0 heterocycles. The van der Waals surface area contributed by atoms with Gasteiger partial charge in [-0.2, -0.15) is 171 Å². The summed E-state index contributed by atoms with van der Waals surface area (Å²) in [5, 5.41) is 0. The van der Waals surface area contributed by atoms with E-state index >= 15 is 0 Å². The van der Waals surface area contributed by atoms with Crippen LogP contribution in [0.1, 0.15) is 20.3 Å². The molecular formula is C24H9F39O2. The van der Waals surface area contributed by atoms with Crippen molar-refractivity contribution < 1.29 is 181 Å². The Labute approximate surface area is 327 Å². The van der Waals surface area contributed by atoms with Gasteiger partial charge in [0.1, 0.15) is 0 Å². The second-order valence-electron chi connectivity index (χ2n) is 12.5. The molecule has 0 amide bonds. The number of carbonyl (C=O) groups is 1. The van der Waals surface area contributed by atoms with Gasteiger partial charge >= 0.3 is 119 Å². The van der Waals surface area contributed by atoms with Crippen molar-refractivity contribution in [3.8, 4) is 0 Å².